The lowest BCUT2D eigenvalue weighted by Gasteiger charge is -2.29. The first-order valence-electron chi connectivity index (χ1n) is 10.9. The van der Waals surface area contributed by atoms with E-state index in [1.54, 1.807) is 11.9 Å². The first-order chi connectivity index (χ1) is 15.1. The van der Waals surface area contributed by atoms with Gasteiger partial charge in [-0.2, -0.15) is 0 Å². The second-order valence-electron chi connectivity index (χ2n) is 7.95. The highest BCUT2D eigenvalue weighted by molar-refractivity contribution is 5.83. The van der Waals surface area contributed by atoms with Gasteiger partial charge in [-0.1, -0.05) is 60.7 Å². The van der Waals surface area contributed by atoms with E-state index in [1.807, 2.05) is 60.7 Å². The second kappa shape index (κ2) is 12.2. The summed E-state index contributed by atoms with van der Waals surface area (Å²) in [5.41, 5.74) is 1.95. The fraction of sp³-hybridized carbons (Fsp3) is 0.440. The summed E-state index contributed by atoms with van der Waals surface area (Å²) in [6, 6.07) is 19.4. The predicted molar refractivity (Wildman–Crippen MR) is 119 cm³/mol. The van der Waals surface area contributed by atoms with Gasteiger partial charge in [0, 0.05) is 39.6 Å². The number of likely N-dealkylation sites (N-methyl/N-ethyl adjacent to an activating group) is 1. The minimum absolute atomic E-state index is 0.0362. The van der Waals surface area contributed by atoms with Crippen molar-refractivity contribution in [2.45, 2.75) is 19.4 Å². The van der Waals surface area contributed by atoms with Crippen LogP contribution in [0, 0.1) is 5.92 Å². The Morgan fingerprint density at radius 2 is 1.61 bits per heavy atom. The molecule has 2 aromatic rings. The molecule has 0 spiro atoms. The van der Waals surface area contributed by atoms with Crippen LogP contribution in [0.1, 0.15) is 17.5 Å². The van der Waals surface area contributed by atoms with Crippen LogP contribution in [-0.2, 0) is 32.1 Å². The van der Waals surface area contributed by atoms with Crippen LogP contribution in [0.4, 0.5) is 0 Å². The summed E-state index contributed by atoms with van der Waals surface area (Å²) >= 11 is 0. The predicted octanol–water partition coefficient (Wildman–Crippen LogP) is 2.77. The Kier molecular flexibility index (Phi) is 9.06. The Labute approximate surface area is 184 Å². The number of morpholine rings is 1. The molecule has 2 aromatic carbocycles. The molecular weight excluding hydrogens is 392 g/mol. The van der Waals surface area contributed by atoms with Crippen LogP contribution in [0.25, 0.3) is 0 Å². The Balaban J connectivity index is 1.56. The van der Waals surface area contributed by atoms with E-state index in [4.69, 9.17) is 9.47 Å². The van der Waals surface area contributed by atoms with E-state index in [0.29, 0.717) is 13.0 Å². The quantitative estimate of drug-likeness (QED) is 0.549. The molecular formula is C25H32N2O4. The van der Waals surface area contributed by atoms with Crippen molar-refractivity contribution in [2.24, 2.45) is 5.92 Å². The van der Waals surface area contributed by atoms with E-state index < -0.39 is 5.92 Å². The zero-order chi connectivity index (χ0) is 21.9. The lowest BCUT2D eigenvalue weighted by atomic mass is 9.95. The molecule has 1 saturated heterocycles. The molecule has 0 bridgehead atoms. The summed E-state index contributed by atoms with van der Waals surface area (Å²) in [7, 11) is 1.80. The molecule has 1 atom stereocenters. The molecule has 0 radical (unpaired) electrons. The van der Waals surface area contributed by atoms with Gasteiger partial charge in [0.25, 0.3) is 0 Å². The summed E-state index contributed by atoms with van der Waals surface area (Å²) in [5.74, 6) is -0.877. The number of rotatable bonds is 10. The lowest BCUT2D eigenvalue weighted by Crippen LogP contribution is -2.42. The average Bonchev–Trinajstić information content (AvgIpc) is 2.82. The number of carbonyl (C=O) groups excluding carboxylic acids is 2. The number of hydrogen-bond acceptors (Lipinski definition) is 5. The molecule has 1 amide bonds. The van der Waals surface area contributed by atoms with Crippen LogP contribution in [0.3, 0.4) is 0 Å². The number of nitrogens with zero attached hydrogens (tertiary/aromatic N) is 2. The third-order valence-corrected chi connectivity index (χ3v) is 5.58. The van der Waals surface area contributed by atoms with Gasteiger partial charge in [-0.3, -0.25) is 14.5 Å². The monoisotopic (exact) mass is 424 g/mol. The molecule has 0 aromatic heterocycles. The molecule has 6 nitrogen and oxygen atoms in total. The summed E-state index contributed by atoms with van der Waals surface area (Å²) in [4.78, 5) is 29.8. The normalized spacial score (nSPS) is 15.3. The van der Waals surface area contributed by atoms with Crippen LogP contribution in [0.5, 0.6) is 0 Å². The van der Waals surface area contributed by atoms with Crippen molar-refractivity contribution >= 4 is 11.9 Å². The van der Waals surface area contributed by atoms with Gasteiger partial charge in [-0.15, -0.1) is 0 Å². The Hall–Kier alpha value is -2.70. The van der Waals surface area contributed by atoms with E-state index in [0.717, 1.165) is 44.0 Å². The second-order valence-corrected chi connectivity index (χ2v) is 7.95. The third-order valence-electron chi connectivity index (χ3n) is 5.58. The van der Waals surface area contributed by atoms with Crippen LogP contribution < -0.4 is 0 Å². The maximum Gasteiger partial charge on any atom is 0.310 e. The summed E-state index contributed by atoms with van der Waals surface area (Å²) < 4.78 is 10.9. The minimum atomic E-state index is -0.510. The highest BCUT2D eigenvalue weighted by atomic mass is 16.5. The first kappa shape index (κ1) is 23.0. The van der Waals surface area contributed by atoms with Gasteiger partial charge in [0.05, 0.1) is 19.1 Å². The van der Waals surface area contributed by atoms with Crippen molar-refractivity contribution < 1.29 is 19.1 Å². The summed E-state index contributed by atoms with van der Waals surface area (Å²) in [6.07, 6.45) is 0.625. The number of benzene rings is 2. The Morgan fingerprint density at radius 1 is 1.00 bits per heavy atom. The zero-order valence-corrected chi connectivity index (χ0v) is 18.2. The largest absolute Gasteiger partial charge is 0.461 e. The minimum Gasteiger partial charge on any atom is -0.461 e. The van der Waals surface area contributed by atoms with Crippen LogP contribution in [0.2, 0.25) is 0 Å². The molecule has 1 aliphatic rings. The molecule has 0 saturated carbocycles. The molecule has 0 aliphatic carbocycles. The summed E-state index contributed by atoms with van der Waals surface area (Å²) in [6.45, 7) is 4.93. The standard InChI is InChI=1S/C25H32N2O4/c1-26(12-13-27-14-16-30-17-15-27)24(28)19-23(18-21-8-4-2-5-9-21)25(29)31-20-22-10-6-3-7-11-22/h2-11,23H,12-20H2,1H3/t23-/m1/s1. The SMILES string of the molecule is CN(CCN1CCOCC1)C(=O)C[C@@H](Cc1ccccc1)C(=O)OCc1ccccc1. The Bertz CT molecular complexity index is 807. The zero-order valence-electron chi connectivity index (χ0n) is 18.2. The molecule has 0 unspecified atom stereocenters. The molecule has 1 heterocycles. The lowest BCUT2D eigenvalue weighted by molar-refractivity contribution is -0.152. The fourth-order valence-corrected chi connectivity index (χ4v) is 3.59. The smallest absolute Gasteiger partial charge is 0.310 e. The van der Waals surface area contributed by atoms with E-state index in [2.05, 4.69) is 4.90 Å². The highest BCUT2D eigenvalue weighted by Gasteiger charge is 2.26. The van der Waals surface area contributed by atoms with Crippen LogP contribution in [-0.4, -0.2) is 68.1 Å². The number of ether oxygens (including phenoxy) is 2. The summed E-state index contributed by atoms with van der Waals surface area (Å²) in [5, 5.41) is 0. The van der Waals surface area contributed by atoms with Crippen molar-refractivity contribution in [3.8, 4) is 0 Å². The fourth-order valence-electron chi connectivity index (χ4n) is 3.59. The number of esters is 1. The molecule has 6 heteroatoms. The maximum atomic E-state index is 12.9. The maximum absolute atomic E-state index is 12.9. The third kappa shape index (κ3) is 7.81. The average molecular weight is 425 g/mol. The van der Waals surface area contributed by atoms with Gasteiger partial charge in [0.2, 0.25) is 5.91 Å². The van der Waals surface area contributed by atoms with Gasteiger partial charge < -0.3 is 14.4 Å². The number of hydrogen-bond donors (Lipinski definition) is 0. The van der Waals surface area contributed by atoms with Crippen molar-refractivity contribution in [1.29, 1.82) is 0 Å². The van der Waals surface area contributed by atoms with E-state index in [9.17, 15) is 9.59 Å². The van der Waals surface area contributed by atoms with Gasteiger partial charge in [-0.25, -0.2) is 0 Å². The highest BCUT2D eigenvalue weighted by Crippen LogP contribution is 2.17. The van der Waals surface area contributed by atoms with Crippen LogP contribution in [0.15, 0.2) is 60.7 Å². The molecule has 166 valence electrons. The van der Waals surface area contributed by atoms with Gasteiger partial charge >= 0.3 is 5.97 Å². The van der Waals surface area contributed by atoms with Crippen molar-refractivity contribution in [3.05, 3.63) is 71.8 Å². The van der Waals surface area contributed by atoms with Crippen molar-refractivity contribution in [3.63, 3.8) is 0 Å². The molecule has 31 heavy (non-hydrogen) atoms. The molecule has 1 fully saturated rings. The topological polar surface area (TPSA) is 59.1 Å². The van der Waals surface area contributed by atoms with E-state index in [1.165, 1.54) is 0 Å². The number of amides is 1. The van der Waals surface area contributed by atoms with Gasteiger partial charge in [0.1, 0.15) is 6.61 Å². The van der Waals surface area contributed by atoms with Gasteiger partial charge in [0.15, 0.2) is 0 Å². The van der Waals surface area contributed by atoms with Crippen LogP contribution >= 0.6 is 0 Å². The van der Waals surface area contributed by atoms with Crippen molar-refractivity contribution in [2.75, 3.05) is 46.4 Å². The molecule has 1 aliphatic heterocycles. The van der Waals surface area contributed by atoms with E-state index in [-0.39, 0.29) is 24.9 Å². The van der Waals surface area contributed by atoms with Gasteiger partial charge in [-0.05, 0) is 17.5 Å². The Morgan fingerprint density at radius 3 is 2.26 bits per heavy atom. The molecule has 0 N–H and O–H groups in total. The van der Waals surface area contributed by atoms with E-state index >= 15 is 0 Å². The number of carbonyl (C=O) groups is 2. The molecule has 3 rings (SSSR count). The first-order valence-corrected chi connectivity index (χ1v) is 10.9. The van der Waals surface area contributed by atoms with Crippen molar-refractivity contribution in [1.82, 2.24) is 9.80 Å².